The smallest absolute Gasteiger partial charge is 0.118 e. The highest BCUT2D eigenvalue weighted by molar-refractivity contribution is 7.80. The van der Waals surface area contributed by atoms with E-state index in [9.17, 15) is 0 Å². The highest BCUT2D eigenvalue weighted by Gasteiger charge is 1.94. The number of methoxy groups -OCH3 is 1. The molecule has 0 saturated heterocycles. The molecule has 0 spiro atoms. The third-order valence-electron chi connectivity index (χ3n) is 2.28. The van der Waals surface area contributed by atoms with E-state index in [1.54, 1.807) is 7.11 Å². The SMILES string of the molecule is COc1ccc(CCCCCS)cc1. The van der Waals surface area contributed by atoms with Crippen LogP contribution in [0, 0.1) is 0 Å². The molecule has 0 aliphatic carbocycles. The molecule has 0 unspecified atom stereocenters. The summed E-state index contributed by atoms with van der Waals surface area (Å²) < 4.78 is 5.10. The maximum atomic E-state index is 5.10. The van der Waals surface area contributed by atoms with Gasteiger partial charge in [0.25, 0.3) is 0 Å². The molecule has 0 radical (unpaired) electrons. The van der Waals surface area contributed by atoms with Gasteiger partial charge in [-0.05, 0) is 42.7 Å². The first-order valence-corrected chi connectivity index (χ1v) is 5.74. The predicted octanol–water partition coefficient (Wildman–Crippen LogP) is 3.34. The van der Waals surface area contributed by atoms with Gasteiger partial charge in [0.2, 0.25) is 0 Å². The molecule has 0 aromatic heterocycles. The van der Waals surface area contributed by atoms with Crippen LogP contribution in [0.1, 0.15) is 24.8 Å². The Hall–Kier alpha value is -0.630. The number of aryl methyl sites for hydroxylation is 1. The van der Waals surface area contributed by atoms with E-state index in [1.807, 2.05) is 12.1 Å². The van der Waals surface area contributed by atoms with Crippen LogP contribution in [0.3, 0.4) is 0 Å². The van der Waals surface area contributed by atoms with Crippen LogP contribution in [0.4, 0.5) is 0 Å². The summed E-state index contributed by atoms with van der Waals surface area (Å²) in [5.74, 6) is 1.94. The van der Waals surface area contributed by atoms with Gasteiger partial charge in [0, 0.05) is 0 Å². The Morgan fingerprint density at radius 2 is 1.79 bits per heavy atom. The van der Waals surface area contributed by atoms with Gasteiger partial charge in [-0.3, -0.25) is 0 Å². The van der Waals surface area contributed by atoms with Crippen molar-refractivity contribution in [3.05, 3.63) is 29.8 Å². The van der Waals surface area contributed by atoms with E-state index in [0.717, 1.165) is 17.9 Å². The van der Waals surface area contributed by atoms with Crippen LogP contribution >= 0.6 is 12.6 Å². The topological polar surface area (TPSA) is 9.23 Å². The second-order valence-corrected chi connectivity index (χ2v) is 3.83. The van der Waals surface area contributed by atoms with Gasteiger partial charge in [-0.2, -0.15) is 12.6 Å². The summed E-state index contributed by atoms with van der Waals surface area (Å²) in [5, 5.41) is 0. The average Bonchev–Trinajstić information content (AvgIpc) is 2.25. The molecule has 0 aliphatic heterocycles. The minimum atomic E-state index is 0.934. The van der Waals surface area contributed by atoms with Gasteiger partial charge in [-0.15, -0.1) is 0 Å². The summed E-state index contributed by atoms with van der Waals surface area (Å²) in [6, 6.07) is 8.32. The summed E-state index contributed by atoms with van der Waals surface area (Å²) in [5.41, 5.74) is 1.39. The normalized spacial score (nSPS) is 10.1. The lowest BCUT2D eigenvalue weighted by molar-refractivity contribution is 0.414. The number of unbranched alkanes of at least 4 members (excludes halogenated alkanes) is 2. The molecule has 0 amide bonds. The first-order valence-electron chi connectivity index (χ1n) is 5.10. The fraction of sp³-hybridized carbons (Fsp3) is 0.500. The molecule has 1 aromatic carbocycles. The molecular formula is C12H18OS. The van der Waals surface area contributed by atoms with Gasteiger partial charge < -0.3 is 4.74 Å². The molecule has 0 N–H and O–H groups in total. The molecule has 78 valence electrons. The van der Waals surface area contributed by atoms with E-state index in [0.29, 0.717) is 0 Å². The van der Waals surface area contributed by atoms with E-state index in [-0.39, 0.29) is 0 Å². The van der Waals surface area contributed by atoms with Crippen molar-refractivity contribution in [1.29, 1.82) is 0 Å². The maximum Gasteiger partial charge on any atom is 0.118 e. The molecule has 0 saturated carbocycles. The van der Waals surface area contributed by atoms with Crippen molar-refractivity contribution in [2.24, 2.45) is 0 Å². The molecule has 0 heterocycles. The van der Waals surface area contributed by atoms with Crippen LogP contribution in [0.5, 0.6) is 5.75 Å². The van der Waals surface area contributed by atoms with Crippen molar-refractivity contribution in [3.8, 4) is 5.75 Å². The zero-order chi connectivity index (χ0) is 10.2. The second kappa shape index (κ2) is 6.77. The highest BCUT2D eigenvalue weighted by atomic mass is 32.1. The molecule has 1 rings (SSSR count). The van der Waals surface area contributed by atoms with E-state index < -0.39 is 0 Å². The molecule has 0 aliphatic rings. The maximum absolute atomic E-state index is 5.10. The number of hydrogen-bond donors (Lipinski definition) is 1. The standard InChI is InChI=1S/C12H18OS/c1-13-12-8-6-11(7-9-12)5-3-2-4-10-14/h6-9,14H,2-5,10H2,1H3. The van der Waals surface area contributed by atoms with Crippen molar-refractivity contribution < 1.29 is 4.74 Å². The molecule has 0 bridgehead atoms. The van der Waals surface area contributed by atoms with Crippen molar-refractivity contribution in [2.45, 2.75) is 25.7 Å². The lowest BCUT2D eigenvalue weighted by atomic mass is 10.1. The van der Waals surface area contributed by atoms with Crippen molar-refractivity contribution in [2.75, 3.05) is 12.9 Å². The number of hydrogen-bond acceptors (Lipinski definition) is 2. The van der Waals surface area contributed by atoms with Crippen LogP contribution in [0.15, 0.2) is 24.3 Å². The lowest BCUT2D eigenvalue weighted by Crippen LogP contribution is -1.87. The molecule has 14 heavy (non-hydrogen) atoms. The van der Waals surface area contributed by atoms with Crippen LogP contribution in [-0.4, -0.2) is 12.9 Å². The third-order valence-corrected chi connectivity index (χ3v) is 2.60. The molecule has 0 fully saturated rings. The molecule has 1 nitrogen and oxygen atoms in total. The van der Waals surface area contributed by atoms with Crippen LogP contribution in [0.25, 0.3) is 0 Å². The van der Waals surface area contributed by atoms with Crippen LogP contribution < -0.4 is 4.74 Å². The number of rotatable bonds is 6. The Labute approximate surface area is 91.9 Å². The first-order chi connectivity index (χ1) is 6.86. The van der Waals surface area contributed by atoms with Gasteiger partial charge in [-0.1, -0.05) is 18.6 Å². The Morgan fingerprint density at radius 1 is 1.07 bits per heavy atom. The van der Waals surface area contributed by atoms with E-state index in [1.165, 1.54) is 24.8 Å². The van der Waals surface area contributed by atoms with Gasteiger partial charge in [0.1, 0.15) is 5.75 Å². The minimum absolute atomic E-state index is 0.934. The van der Waals surface area contributed by atoms with Crippen molar-refractivity contribution >= 4 is 12.6 Å². The Morgan fingerprint density at radius 3 is 2.36 bits per heavy atom. The quantitative estimate of drug-likeness (QED) is 0.559. The molecular weight excluding hydrogens is 192 g/mol. The van der Waals surface area contributed by atoms with Crippen molar-refractivity contribution in [1.82, 2.24) is 0 Å². The monoisotopic (exact) mass is 210 g/mol. The summed E-state index contributed by atoms with van der Waals surface area (Å²) in [6.07, 6.45) is 4.92. The molecule has 1 aromatic rings. The highest BCUT2D eigenvalue weighted by Crippen LogP contribution is 2.13. The third kappa shape index (κ3) is 4.05. The fourth-order valence-corrected chi connectivity index (χ4v) is 1.63. The van der Waals surface area contributed by atoms with Crippen LogP contribution in [0.2, 0.25) is 0 Å². The lowest BCUT2D eigenvalue weighted by Gasteiger charge is -2.02. The second-order valence-electron chi connectivity index (χ2n) is 3.38. The van der Waals surface area contributed by atoms with Crippen molar-refractivity contribution in [3.63, 3.8) is 0 Å². The largest absolute Gasteiger partial charge is 0.497 e. The molecule has 2 heteroatoms. The van der Waals surface area contributed by atoms with Crippen LogP contribution in [-0.2, 0) is 6.42 Å². The summed E-state index contributed by atoms with van der Waals surface area (Å²) in [7, 11) is 1.70. The first kappa shape index (κ1) is 11.4. The van der Waals surface area contributed by atoms with Gasteiger partial charge in [0.05, 0.1) is 7.11 Å². The summed E-state index contributed by atoms with van der Waals surface area (Å²) >= 11 is 4.19. The Kier molecular flexibility index (Phi) is 5.53. The minimum Gasteiger partial charge on any atom is -0.497 e. The average molecular weight is 210 g/mol. The van der Waals surface area contributed by atoms with Gasteiger partial charge in [-0.25, -0.2) is 0 Å². The summed E-state index contributed by atoms with van der Waals surface area (Å²) in [6.45, 7) is 0. The van der Waals surface area contributed by atoms with Gasteiger partial charge in [0.15, 0.2) is 0 Å². The fourth-order valence-electron chi connectivity index (χ4n) is 1.41. The van der Waals surface area contributed by atoms with Gasteiger partial charge >= 0.3 is 0 Å². The number of ether oxygens (including phenoxy) is 1. The zero-order valence-corrected chi connectivity index (χ0v) is 9.59. The van der Waals surface area contributed by atoms with E-state index >= 15 is 0 Å². The van der Waals surface area contributed by atoms with E-state index in [4.69, 9.17) is 4.74 Å². The Balaban J connectivity index is 2.29. The Bertz CT molecular complexity index is 243. The zero-order valence-electron chi connectivity index (χ0n) is 8.70. The number of benzene rings is 1. The van der Waals surface area contributed by atoms with E-state index in [2.05, 4.69) is 24.8 Å². The number of thiol groups is 1. The molecule has 0 atom stereocenters. The predicted molar refractivity (Wildman–Crippen MR) is 64.4 cm³/mol. The summed E-state index contributed by atoms with van der Waals surface area (Å²) in [4.78, 5) is 0.